The molecular weight excluding hydrogens is 250 g/mol. The molecule has 1 amide bonds. The summed E-state index contributed by atoms with van der Waals surface area (Å²) in [5, 5.41) is 4.40. The number of carbonyl (C=O) groups excluding carboxylic acids is 1. The number of aromatic nitrogens is 1. The van der Waals surface area contributed by atoms with Gasteiger partial charge in [0.05, 0.1) is 0 Å². The van der Waals surface area contributed by atoms with Gasteiger partial charge in [0.2, 0.25) is 5.91 Å². The Hall–Kier alpha value is -1.81. The third-order valence-corrected chi connectivity index (χ3v) is 3.66. The van der Waals surface area contributed by atoms with Crippen molar-refractivity contribution in [2.75, 3.05) is 20.1 Å². The second-order valence-electron chi connectivity index (χ2n) is 4.90. The first kappa shape index (κ1) is 14.6. The van der Waals surface area contributed by atoms with Gasteiger partial charge in [-0.25, -0.2) is 0 Å². The number of amides is 1. The molecule has 0 bridgehead atoms. The van der Waals surface area contributed by atoms with E-state index in [4.69, 9.17) is 0 Å². The lowest BCUT2D eigenvalue weighted by molar-refractivity contribution is -0.131. The molecule has 0 radical (unpaired) electrons. The second-order valence-corrected chi connectivity index (χ2v) is 4.90. The second kappa shape index (κ2) is 6.57. The molecule has 1 N–H and O–H groups in total. The van der Waals surface area contributed by atoms with Crippen LogP contribution in [0.4, 0.5) is 0 Å². The van der Waals surface area contributed by atoms with Crippen LogP contribution in [0.2, 0.25) is 0 Å². The summed E-state index contributed by atoms with van der Waals surface area (Å²) in [7, 11) is 1.94. The van der Waals surface area contributed by atoms with Crippen LogP contribution >= 0.6 is 0 Å². The van der Waals surface area contributed by atoms with Gasteiger partial charge in [0, 0.05) is 36.7 Å². The molecule has 0 fully saturated rings. The highest BCUT2D eigenvalue weighted by molar-refractivity contribution is 5.86. The minimum Gasteiger partial charge on any atom is -0.342 e. The van der Waals surface area contributed by atoms with Crippen molar-refractivity contribution in [3.63, 3.8) is 0 Å². The maximum atomic E-state index is 12.3. The van der Waals surface area contributed by atoms with E-state index >= 15 is 0 Å². The number of benzene rings is 1. The number of carbonyl (C=O) groups is 1. The van der Waals surface area contributed by atoms with Crippen LogP contribution in [0.5, 0.6) is 0 Å². The van der Waals surface area contributed by atoms with E-state index < -0.39 is 0 Å². The maximum absolute atomic E-state index is 12.3. The van der Waals surface area contributed by atoms with Gasteiger partial charge in [-0.1, -0.05) is 18.2 Å². The predicted molar refractivity (Wildman–Crippen MR) is 82.6 cm³/mol. The summed E-state index contributed by atoms with van der Waals surface area (Å²) >= 11 is 0. The molecule has 4 nitrogen and oxygen atoms in total. The monoisotopic (exact) mass is 273 g/mol. The number of hydrogen-bond acceptors (Lipinski definition) is 2. The zero-order valence-electron chi connectivity index (χ0n) is 12.5. The number of rotatable bonds is 6. The van der Waals surface area contributed by atoms with Gasteiger partial charge < -0.3 is 14.8 Å². The Morgan fingerprint density at radius 2 is 1.95 bits per heavy atom. The summed E-state index contributed by atoms with van der Waals surface area (Å²) in [6.07, 6.45) is 2.09. The van der Waals surface area contributed by atoms with Crippen LogP contribution < -0.4 is 5.32 Å². The molecule has 0 atom stereocenters. The van der Waals surface area contributed by atoms with Crippen molar-refractivity contribution in [3.05, 3.63) is 36.0 Å². The zero-order chi connectivity index (χ0) is 14.5. The van der Waals surface area contributed by atoms with E-state index in [1.807, 2.05) is 37.9 Å². The fourth-order valence-electron chi connectivity index (χ4n) is 2.61. The van der Waals surface area contributed by atoms with Crippen LogP contribution in [0.1, 0.15) is 19.4 Å². The molecule has 1 heterocycles. The summed E-state index contributed by atoms with van der Waals surface area (Å²) in [5.74, 6) is 0.173. The molecular formula is C16H23N3O. The van der Waals surface area contributed by atoms with E-state index in [1.54, 1.807) is 0 Å². The minimum absolute atomic E-state index is 0.173. The van der Waals surface area contributed by atoms with Crippen LogP contribution in [0, 0.1) is 0 Å². The molecule has 1 aromatic carbocycles. The zero-order valence-corrected chi connectivity index (χ0v) is 12.5. The van der Waals surface area contributed by atoms with Gasteiger partial charge >= 0.3 is 0 Å². The molecule has 0 aliphatic rings. The van der Waals surface area contributed by atoms with E-state index in [9.17, 15) is 4.79 Å². The normalized spacial score (nSPS) is 10.9. The molecule has 0 spiro atoms. The summed E-state index contributed by atoms with van der Waals surface area (Å²) in [6.45, 7) is 6.78. The first-order valence-corrected chi connectivity index (χ1v) is 7.20. The third-order valence-electron chi connectivity index (χ3n) is 3.66. The lowest BCUT2D eigenvalue weighted by atomic mass is 10.2. The van der Waals surface area contributed by atoms with E-state index in [0.29, 0.717) is 6.54 Å². The number of hydrogen-bond donors (Lipinski definition) is 1. The molecule has 0 aliphatic carbocycles. The predicted octanol–water partition coefficient (Wildman–Crippen LogP) is 2.23. The van der Waals surface area contributed by atoms with Gasteiger partial charge in [0.1, 0.15) is 6.54 Å². The van der Waals surface area contributed by atoms with E-state index in [0.717, 1.165) is 25.2 Å². The first-order chi connectivity index (χ1) is 9.71. The highest BCUT2D eigenvalue weighted by Gasteiger charge is 2.13. The average molecular weight is 273 g/mol. The average Bonchev–Trinajstić information content (AvgIpc) is 2.79. The van der Waals surface area contributed by atoms with E-state index in [2.05, 4.69) is 28.2 Å². The molecule has 2 rings (SSSR count). The summed E-state index contributed by atoms with van der Waals surface area (Å²) in [5.41, 5.74) is 2.36. The number of fused-ring (bicyclic) bond motifs is 1. The molecule has 4 heteroatoms. The maximum Gasteiger partial charge on any atom is 0.242 e. The van der Waals surface area contributed by atoms with Gasteiger partial charge in [-0.15, -0.1) is 0 Å². The quantitative estimate of drug-likeness (QED) is 0.876. The van der Waals surface area contributed by atoms with Crippen LogP contribution in [0.3, 0.4) is 0 Å². The van der Waals surface area contributed by atoms with Crippen molar-refractivity contribution >= 4 is 16.8 Å². The third kappa shape index (κ3) is 2.85. The lowest BCUT2D eigenvalue weighted by Gasteiger charge is -2.19. The Morgan fingerprint density at radius 1 is 1.25 bits per heavy atom. The minimum atomic E-state index is 0.173. The van der Waals surface area contributed by atoms with Crippen molar-refractivity contribution in [1.82, 2.24) is 14.8 Å². The number of nitrogens with one attached hydrogen (secondary N) is 1. The summed E-state index contributed by atoms with van der Waals surface area (Å²) in [6, 6.07) is 8.24. The van der Waals surface area contributed by atoms with Crippen LogP contribution in [0.15, 0.2) is 30.5 Å². The molecule has 20 heavy (non-hydrogen) atoms. The fraction of sp³-hybridized carbons (Fsp3) is 0.438. The van der Waals surface area contributed by atoms with Crippen molar-refractivity contribution < 1.29 is 4.79 Å². The molecule has 0 saturated carbocycles. The number of para-hydroxylation sites is 1. The largest absolute Gasteiger partial charge is 0.342 e. The Bertz CT molecular complexity index is 584. The van der Waals surface area contributed by atoms with Crippen LogP contribution in [-0.2, 0) is 17.9 Å². The van der Waals surface area contributed by atoms with E-state index in [-0.39, 0.29) is 5.91 Å². The molecule has 1 aromatic heterocycles. The van der Waals surface area contributed by atoms with Crippen LogP contribution in [-0.4, -0.2) is 35.5 Å². The fourth-order valence-corrected chi connectivity index (χ4v) is 2.61. The number of nitrogens with zero attached hydrogens (tertiary/aromatic N) is 2. The lowest BCUT2D eigenvalue weighted by Crippen LogP contribution is -2.33. The molecule has 2 aromatic rings. The topological polar surface area (TPSA) is 37.3 Å². The van der Waals surface area contributed by atoms with Crippen molar-refractivity contribution in [2.24, 2.45) is 0 Å². The standard InChI is InChI=1S/C16H23N3O/c1-4-18(5-2)16(20)12-19-11-13(10-17-3)14-8-6-7-9-15(14)19/h6-9,11,17H,4-5,10,12H2,1-3H3. The van der Waals surface area contributed by atoms with Crippen LogP contribution in [0.25, 0.3) is 10.9 Å². The van der Waals surface area contributed by atoms with Gasteiger partial charge in [-0.2, -0.15) is 0 Å². The Kier molecular flexibility index (Phi) is 4.79. The Balaban J connectivity index is 2.32. The van der Waals surface area contributed by atoms with Gasteiger partial charge in [0.15, 0.2) is 0 Å². The van der Waals surface area contributed by atoms with Gasteiger partial charge in [-0.3, -0.25) is 4.79 Å². The Labute approximate surface area is 120 Å². The Morgan fingerprint density at radius 3 is 2.60 bits per heavy atom. The molecule has 0 aliphatic heterocycles. The summed E-state index contributed by atoms with van der Waals surface area (Å²) in [4.78, 5) is 14.1. The van der Waals surface area contributed by atoms with E-state index in [1.165, 1.54) is 10.9 Å². The smallest absolute Gasteiger partial charge is 0.242 e. The molecule has 108 valence electrons. The highest BCUT2D eigenvalue weighted by Crippen LogP contribution is 2.21. The highest BCUT2D eigenvalue weighted by atomic mass is 16.2. The SMILES string of the molecule is CCN(CC)C(=O)Cn1cc(CNC)c2ccccc21. The van der Waals surface area contributed by atoms with Crippen molar-refractivity contribution in [2.45, 2.75) is 26.9 Å². The first-order valence-electron chi connectivity index (χ1n) is 7.20. The molecule has 0 saturated heterocycles. The molecule has 0 unspecified atom stereocenters. The number of likely N-dealkylation sites (N-methyl/N-ethyl adjacent to an activating group) is 1. The van der Waals surface area contributed by atoms with Gasteiger partial charge in [-0.05, 0) is 32.5 Å². The van der Waals surface area contributed by atoms with Gasteiger partial charge in [0.25, 0.3) is 0 Å². The van der Waals surface area contributed by atoms with Crippen molar-refractivity contribution in [1.29, 1.82) is 0 Å². The van der Waals surface area contributed by atoms with Crippen molar-refractivity contribution in [3.8, 4) is 0 Å². The summed E-state index contributed by atoms with van der Waals surface area (Å²) < 4.78 is 2.06.